The first-order valence-corrected chi connectivity index (χ1v) is 5.35. The molecule has 1 aromatic carbocycles. The summed E-state index contributed by atoms with van der Waals surface area (Å²) in [5.41, 5.74) is 1.71. The molecule has 2 aromatic heterocycles. The Bertz CT molecular complexity index is 719. The molecular weight excluding hydrogens is 233 g/mol. The van der Waals surface area contributed by atoms with Gasteiger partial charge in [0, 0.05) is 5.56 Å². The lowest BCUT2D eigenvalue weighted by molar-refractivity contribution is 0.111. The Hall–Kier alpha value is -2.56. The zero-order valence-electron chi connectivity index (χ0n) is 9.25. The second kappa shape index (κ2) is 4.03. The van der Waals surface area contributed by atoms with Crippen molar-refractivity contribution in [1.82, 2.24) is 14.6 Å². The van der Waals surface area contributed by atoms with Crippen LogP contribution in [0.25, 0.3) is 17.0 Å². The summed E-state index contributed by atoms with van der Waals surface area (Å²) < 4.78 is 14.3. The van der Waals surface area contributed by atoms with E-state index in [9.17, 15) is 9.18 Å². The Morgan fingerprint density at radius 3 is 2.61 bits per heavy atom. The van der Waals surface area contributed by atoms with E-state index in [1.165, 1.54) is 16.6 Å². The van der Waals surface area contributed by atoms with Gasteiger partial charge >= 0.3 is 0 Å². The van der Waals surface area contributed by atoms with Crippen molar-refractivity contribution in [1.29, 1.82) is 0 Å². The van der Waals surface area contributed by atoms with Crippen LogP contribution in [0.5, 0.6) is 0 Å². The number of carbonyl (C=O) groups is 1. The molecule has 0 atom stereocenters. The summed E-state index contributed by atoms with van der Waals surface area (Å²) >= 11 is 0. The maximum absolute atomic E-state index is 12.8. The molecule has 0 unspecified atom stereocenters. The van der Waals surface area contributed by atoms with E-state index in [2.05, 4.69) is 10.1 Å². The van der Waals surface area contributed by atoms with Crippen LogP contribution in [0.2, 0.25) is 0 Å². The normalized spacial score (nSPS) is 10.7. The first-order chi connectivity index (χ1) is 8.78. The Kier molecular flexibility index (Phi) is 2.37. The van der Waals surface area contributed by atoms with Gasteiger partial charge in [0.2, 0.25) is 0 Å². The lowest BCUT2D eigenvalue weighted by atomic mass is 10.2. The van der Waals surface area contributed by atoms with Gasteiger partial charge in [-0.25, -0.2) is 13.9 Å². The minimum absolute atomic E-state index is 0.309. The molecule has 88 valence electrons. The van der Waals surface area contributed by atoms with Crippen molar-refractivity contribution < 1.29 is 9.18 Å². The van der Waals surface area contributed by atoms with Gasteiger partial charge < -0.3 is 0 Å². The second-order valence-electron chi connectivity index (χ2n) is 3.78. The second-order valence-corrected chi connectivity index (χ2v) is 3.78. The van der Waals surface area contributed by atoms with Crippen LogP contribution in [0.1, 0.15) is 10.5 Å². The van der Waals surface area contributed by atoms with Gasteiger partial charge in [0.15, 0.2) is 17.8 Å². The molecule has 0 N–H and O–H groups in total. The predicted octanol–water partition coefficient (Wildman–Crippen LogP) is 2.35. The number of aldehydes is 1. The van der Waals surface area contributed by atoms with Crippen molar-refractivity contribution in [2.24, 2.45) is 0 Å². The van der Waals surface area contributed by atoms with Crippen molar-refractivity contribution in [2.75, 3.05) is 0 Å². The molecular formula is C13H8FN3O. The molecule has 5 heteroatoms. The Balaban J connectivity index is 2.19. The Morgan fingerprint density at radius 1 is 1.11 bits per heavy atom. The van der Waals surface area contributed by atoms with Crippen molar-refractivity contribution in [3.05, 3.63) is 54.0 Å². The fourth-order valence-electron chi connectivity index (χ4n) is 1.74. The van der Waals surface area contributed by atoms with Crippen LogP contribution in [0.4, 0.5) is 4.39 Å². The van der Waals surface area contributed by atoms with Gasteiger partial charge in [-0.1, -0.05) is 6.07 Å². The monoisotopic (exact) mass is 241 g/mol. The Morgan fingerprint density at radius 2 is 1.89 bits per heavy atom. The molecule has 0 saturated heterocycles. The molecule has 0 amide bonds. The van der Waals surface area contributed by atoms with Gasteiger partial charge in [-0.05, 0) is 36.4 Å². The highest BCUT2D eigenvalue weighted by Crippen LogP contribution is 2.17. The van der Waals surface area contributed by atoms with Gasteiger partial charge in [0.25, 0.3) is 0 Å². The van der Waals surface area contributed by atoms with Gasteiger partial charge in [-0.15, -0.1) is 5.10 Å². The zero-order chi connectivity index (χ0) is 12.5. The van der Waals surface area contributed by atoms with E-state index in [1.54, 1.807) is 30.3 Å². The van der Waals surface area contributed by atoms with Crippen molar-refractivity contribution in [2.45, 2.75) is 0 Å². The fraction of sp³-hybridized carbons (Fsp3) is 0. The van der Waals surface area contributed by atoms with Gasteiger partial charge in [-0.2, -0.15) is 0 Å². The van der Waals surface area contributed by atoms with Crippen LogP contribution < -0.4 is 0 Å². The minimum atomic E-state index is -0.309. The van der Waals surface area contributed by atoms with Crippen LogP contribution in [0, 0.1) is 5.82 Å². The van der Waals surface area contributed by atoms with Crippen LogP contribution >= 0.6 is 0 Å². The number of carbonyl (C=O) groups excluding carboxylic acids is 1. The van der Waals surface area contributed by atoms with Gasteiger partial charge in [-0.3, -0.25) is 4.79 Å². The highest BCUT2D eigenvalue weighted by Gasteiger charge is 2.08. The topological polar surface area (TPSA) is 47.3 Å². The Labute approximate surface area is 102 Å². The molecule has 18 heavy (non-hydrogen) atoms. The van der Waals surface area contributed by atoms with Gasteiger partial charge in [0.05, 0.1) is 0 Å². The summed E-state index contributed by atoms with van der Waals surface area (Å²) in [6, 6.07) is 11.1. The van der Waals surface area contributed by atoms with E-state index in [0.717, 1.165) is 6.29 Å². The molecule has 0 aliphatic heterocycles. The quantitative estimate of drug-likeness (QED) is 0.647. The molecule has 3 rings (SSSR count). The lowest BCUT2D eigenvalue weighted by Crippen LogP contribution is -1.96. The number of halogens is 1. The SMILES string of the molecule is O=Cc1cccc2nc(-c3ccc(F)cc3)nn12. The summed E-state index contributed by atoms with van der Waals surface area (Å²) in [5.74, 6) is 0.153. The maximum atomic E-state index is 12.8. The molecule has 0 aliphatic rings. The first-order valence-electron chi connectivity index (χ1n) is 5.35. The van der Waals surface area contributed by atoms with Crippen molar-refractivity contribution in [3.63, 3.8) is 0 Å². The molecule has 2 heterocycles. The number of fused-ring (bicyclic) bond motifs is 1. The van der Waals surface area contributed by atoms with E-state index in [4.69, 9.17) is 0 Å². The average molecular weight is 241 g/mol. The molecule has 0 saturated carbocycles. The maximum Gasteiger partial charge on any atom is 0.182 e. The first kappa shape index (κ1) is 10.6. The number of aromatic nitrogens is 3. The number of nitrogens with zero attached hydrogens (tertiary/aromatic N) is 3. The van der Waals surface area contributed by atoms with E-state index < -0.39 is 0 Å². The summed E-state index contributed by atoms with van der Waals surface area (Å²) in [7, 11) is 0. The molecule has 0 aliphatic carbocycles. The number of pyridine rings is 1. The van der Waals surface area contributed by atoms with E-state index in [-0.39, 0.29) is 5.82 Å². The van der Waals surface area contributed by atoms with Crippen LogP contribution in [0.15, 0.2) is 42.5 Å². The standard InChI is InChI=1S/C13H8FN3O/c14-10-6-4-9(5-7-10)13-15-12-3-1-2-11(8-18)17(12)16-13/h1-8H. The van der Waals surface area contributed by atoms with E-state index in [1.807, 2.05) is 0 Å². The number of hydrogen-bond acceptors (Lipinski definition) is 3. The summed E-state index contributed by atoms with van der Waals surface area (Å²) in [6.45, 7) is 0. The van der Waals surface area contributed by atoms with E-state index >= 15 is 0 Å². The molecule has 0 spiro atoms. The third-order valence-electron chi connectivity index (χ3n) is 2.61. The summed E-state index contributed by atoms with van der Waals surface area (Å²) in [4.78, 5) is 15.2. The number of benzene rings is 1. The number of rotatable bonds is 2. The third kappa shape index (κ3) is 1.66. The van der Waals surface area contributed by atoms with Crippen molar-refractivity contribution >= 4 is 11.9 Å². The van der Waals surface area contributed by atoms with Crippen LogP contribution in [-0.4, -0.2) is 20.9 Å². The molecule has 3 aromatic rings. The molecule has 0 radical (unpaired) electrons. The minimum Gasteiger partial charge on any atom is -0.296 e. The van der Waals surface area contributed by atoms with Crippen LogP contribution in [-0.2, 0) is 0 Å². The van der Waals surface area contributed by atoms with Crippen molar-refractivity contribution in [3.8, 4) is 11.4 Å². The predicted molar refractivity (Wildman–Crippen MR) is 63.8 cm³/mol. The summed E-state index contributed by atoms with van der Waals surface area (Å²) in [5, 5.41) is 4.24. The zero-order valence-corrected chi connectivity index (χ0v) is 9.25. The third-order valence-corrected chi connectivity index (χ3v) is 2.61. The molecule has 0 bridgehead atoms. The lowest BCUT2D eigenvalue weighted by Gasteiger charge is -1.94. The smallest absolute Gasteiger partial charge is 0.182 e. The largest absolute Gasteiger partial charge is 0.296 e. The van der Waals surface area contributed by atoms with Crippen LogP contribution in [0.3, 0.4) is 0 Å². The highest BCUT2D eigenvalue weighted by molar-refractivity contribution is 5.74. The van der Waals surface area contributed by atoms with Gasteiger partial charge in [0.1, 0.15) is 11.5 Å². The van der Waals surface area contributed by atoms with E-state index in [0.29, 0.717) is 22.7 Å². The summed E-state index contributed by atoms with van der Waals surface area (Å²) in [6.07, 6.45) is 0.718. The molecule has 0 fully saturated rings. The fourth-order valence-corrected chi connectivity index (χ4v) is 1.74. The number of hydrogen-bond donors (Lipinski definition) is 0. The average Bonchev–Trinajstić information content (AvgIpc) is 2.83. The molecule has 4 nitrogen and oxygen atoms in total. The highest BCUT2D eigenvalue weighted by atomic mass is 19.1.